The highest BCUT2D eigenvalue weighted by Crippen LogP contribution is 2.17. The van der Waals surface area contributed by atoms with Gasteiger partial charge in [-0.1, -0.05) is 6.92 Å². The van der Waals surface area contributed by atoms with Crippen molar-refractivity contribution < 1.29 is 8.42 Å². The number of sulfone groups is 1. The standard InChI is InChI=1S/C16H21N3O2S/c1-4-22(20,21)15-7-5-14(6-8-15)18-12-13-9-10-17-16(11-13)19(2)3/h5-11,18H,4,12H2,1-3H3. The Balaban J connectivity index is 2.05. The average molecular weight is 319 g/mol. The van der Waals surface area contributed by atoms with Crippen LogP contribution < -0.4 is 10.2 Å². The summed E-state index contributed by atoms with van der Waals surface area (Å²) in [5.41, 5.74) is 2.00. The van der Waals surface area contributed by atoms with E-state index in [-0.39, 0.29) is 5.75 Å². The fourth-order valence-corrected chi connectivity index (χ4v) is 2.85. The molecule has 1 N–H and O–H groups in total. The first-order valence-electron chi connectivity index (χ1n) is 7.11. The van der Waals surface area contributed by atoms with E-state index in [9.17, 15) is 8.42 Å². The summed E-state index contributed by atoms with van der Waals surface area (Å²) in [5, 5.41) is 3.28. The van der Waals surface area contributed by atoms with E-state index in [2.05, 4.69) is 10.3 Å². The monoisotopic (exact) mass is 319 g/mol. The Kier molecular flexibility index (Phi) is 5.03. The number of aromatic nitrogens is 1. The average Bonchev–Trinajstić information content (AvgIpc) is 2.53. The molecule has 118 valence electrons. The minimum Gasteiger partial charge on any atom is -0.381 e. The van der Waals surface area contributed by atoms with E-state index in [1.165, 1.54) is 0 Å². The van der Waals surface area contributed by atoms with Crippen LogP contribution in [0.3, 0.4) is 0 Å². The number of pyridine rings is 1. The number of benzene rings is 1. The largest absolute Gasteiger partial charge is 0.381 e. The predicted octanol–water partition coefficient (Wildman–Crippen LogP) is 2.55. The zero-order valence-electron chi connectivity index (χ0n) is 13.1. The molecule has 0 fully saturated rings. The van der Waals surface area contributed by atoms with Crippen molar-refractivity contribution >= 4 is 21.3 Å². The minimum atomic E-state index is -3.14. The maximum Gasteiger partial charge on any atom is 0.178 e. The molecule has 5 nitrogen and oxygen atoms in total. The van der Waals surface area contributed by atoms with Gasteiger partial charge in [-0.25, -0.2) is 13.4 Å². The molecule has 0 saturated carbocycles. The fourth-order valence-electron chi connectivity index (χ4n) is 1.97. The first-order valence-corrected chi connectivity index (χ1v) is 8.76. The van der Waals surface area contributed by atoms with Crippen LogP contribution in [0.4, 0.5) is 11.5 Å². The Bertz CT molecular complexity index is 725. The fraction of sp³-hybridized carbons (Fsp3) is 0.312. The van der Waals surface area contributed by atoms with Crippen molar-refractivity contribution in [3.63, 3.8) is 0 Å². The van der Waals surface area contributed by atoms with Gasteiger partial charge in [-0.2, -0.15) is 0 Å². The molecule has 2 rings (SSSR count). The second-order valence-electron chi connectivity index (χ2n) is 5.20. The molecule has 0 unspecified atom stereocenters. The number of nitrogens with zero attached hydrogens (tertiary/aromatic N) is 2. The van der Waals surface area contributed by atoms with Crippen LogP contribution in [0.2, 0.25) is 0 Å². The molecule has 2 aromatic rings. The highest BCUT2D eigenvalue weighted by Gasteiger charge is 2.10. The number of hydrogen-bond donors (Lipinski definition) is 1. The summed E-state index contributed by atoms with van der Waals surface area (Å²) in [6.45, 7) is 2.30. The van der Waals surface area contributed by atoms with E-state index < -0.39 is 9.84 Å². The summed E-state index contributed by atoms with van der Waals surface area (Å²) in [5.74, 6) is 1.02. The van der Waals surface area contributed by atoms with Crippen LogP contribution in [0.5, 0.6) is 0 Å². The number of rotatable bonds is 6. The van der Waals surface area contributed by atoms with Gasteiger partial charge in [-0.3, -0.25) is 0 Å². The third kappa shape index (κ3) is 3.98. The van der Waals surface area contributed by atoms with Crippen molar-refractivity contribution in [3.05, 3.63) is 48.2 Å². The van der Waals surface area contributed by atoms with E-state index in [0.29, 0.717) is 11.4 Å². The number of hydrogen-bond acceptors (Lipinski definition) is 5. The molecule has 0 aliphatic heterocycles. The van der Waals surface area contributed by atoms with Crippen molar-refractivity contribution in [2.75, 3.05) is 30.1 Å². The SMILES string of the molecule is CCS(=O)(=O)c1ccc(NCc2ccnc(N(C)C)c2)cc1. The van der Waals surface area contributed by atoms with Crippen LogP contribution in [0.25, 0.3) is 0 Å². The Labute approximate surface area is 131 Å². The normalized spacial score (nSPS) is 11.2. The molecule has 0 radical (unpaired) electrons. The van der Waals surface area contributed by atoms with E-state index in [1.807, 2.05) is 31.1 Å². The lowest BCUT2D eigenvalue weighted by atomic mass is 10.2. The van der Waals surface area contributed by atoms with Gasteiger partial charge in [0.1, 0.15) is 5.82 Å². The molecule has 1 heterocycles. The Morgan fingerprint density at radius 1 is 1.14 bits per heavy atom. The van der Waals surface area contributed by atoms with Crippen molar-refractivity contribution in [1.29, 1.82) is 0 Å². The van der Waals surface area contributed by atoms with Gasteiger partial charge in [-0.15, -0.1) is 0 Å². The first kappa shape index (κ1) is 16.3. The topological polar surface area (TPSA) is 62.3 Å². The summed E-state index contributed by atoms with van der Waals surface area (Å²) in [7, 11) is 0.763. The van der Waals surface area contributed by atoms with E-state index in [4.69, 9.17) is 0 Å². The van der Waals surface area contributed by atoms with Crippen molar-refractivity contribution in [2.24, 2.45) is 0 Å². The highest BCUT2D eigenvalue weighted by molar-refractivity contribution is 7.91. The van der Waals surface area contributed by atoms with Gasteiger partial charge in [0.05, 0.1) is 10.6 Å². The maximum atomic E-state index is 11.8. The molecule has 1 aromatic heterocycles. The van der Waals surface area contributed by atoms with Crippen LogP contribution in [-0.2, 0) is 16.4 Å². The number of nitrogens with one attached hydrogen (secondary N) is 1. The van der Waals surface area contributed by atoms with Gasteiger partial charge in [0.2, 0.25) is 0 Å². The molecule has 22 heavy (non-hydrogen) atoms. The lowest BCUT2D eigenvalue weighted by Gasteiger charge is -2.13. The van der Waals surface area contributed by atoms with Gasteiger partial charge in [0.25, 0.3) is 0 Å². The smallest absolute Gasteiger partial charge is 0.178 e. The van der Waals surface area contributed by atoms with Gasteiger partial charge in [0.15, 0.2) is 9.84 Å². The molecule has 0 aliphatic carbocycles. The van der Waals surface area contributed by atoms with Gasteiger partial charge in [0, 0.05) is 32.5 Å². The summed E-state index contributed by atoms with van der Waals surface area (Å²) < 4.78 is 23.5. The van der Waals surface area contributed by atoms with Gasteiger partial charge in [-0.05, 0) is 42.0 Å². The Hall–Kier alpha value is -2.08. The zero-order valence-corrected chi connectivity index (χ0v) is 13.9. The van der Waals surface area contributed by atoms with Crippen molar-refractivity contribution in [2.45, 2.75) is 18.4 Å². The molecule has 0 bridgehead atoms. The quantitative estimate of drug-likeness (QED) is 0.886. The molecule has 1 aromatic carbocycles. The van der Waals surface area contributed by atoms with Crippen LogP contribution in [-0.4, -0.2) is 33.2 Å². The van der Waals surface area contributed by atoms with Crippen LogP contribution in [0.15, 0.2) is 47.5 Å². The summed E-state index contributed by atoms with van der Waals surface area (Å²) in [4.78, 5) is 6.59. The number of anilines is 2. The highest BCUT2D eigenvalue weighted by atomic mass is 32.2. The lowest BCUT2D eigenvalue weighted by Crippen LogP contribution is -2.11. The lowest BCUT2D eigenvalue weighted by molar-refractivity contribution is 0.597. The molecular formula is C16H21N3O2S. The second kappa shape index (κ2) is 6.79. The molecule has 0 saturated heterocycles. The molecular weight excluding hydrogens is 298 g/mol. The minimum absolute atomic E-state index is 0.115. The molecule has 0 spiro atoms. The van der Waals surface area contributed by atoms with Crippen LogP contribution in [0, 0.1) is 0 Å². The van der Waals surface area contributed by atoms with E-state index in [1.54, 1.807) is 37.4 Å². The predicted molar refractivity (Wildman–Crippen MR) is 90.1 cm³/mol. The second-order valence-corrected chi connectivity index (χ2v) is 7.48. The van der Waals surface area contributed by atoms with Crippen LogP contribution >= 0.6 is 0 Å². The van der Waals surface area contributed by atoms with Crippen molar-refractivity contribution in [1.82, 2.24) is 4.98 Å². The molecule has 0 amide bonds. The van der Waals surface area contributed by atoms with Crippen molar-refractivity contribution in [3.8, 4) is 0 Å². The maximum absolute atomic E-state index is 11.8. The third-order valence-corrected chi connectivity index (χ3v) is 5.11. The summed E-state index contributed by atoms with van der Waals surface area (Å²) in [6.07, 6.45) is 1.78. The van der Waals surface area contributed by atoms with Crippen LogP contribution in [0.1, 0.15) is 12.5 Å². The van der Waals surface area contributed by atoms with Gasteiger partial charge < -0.3 is 10.2 Å². The molecule has 6 heteroatoms. The summed E-state index contributed by atoms with van der Waals surface area (Å²) >= 11 is 0. The van der Waals surface area contributed by atoms with E-state index in [0.717, 1.165) is 17.1 Å². The van der Waals surface area contributed by atoms with E-state index >= 15 is 0 Å². The van der Waals surface area contributed by atoms with Gasteiger partial charge >= 0.3 is 0 Å². The molecule has 0 atom stereocenters. The third-order valence-electron chi connectivity index (χ3n) is 3.36. The molecule has 0 aliphatic rings. The first-order chi connectivity index (χ1) is 10.4. The summed E-state index contributed by atoms with van der Waals surface area (Å²) in [6, 6.07) is 10.8. The Morgan fingerprint density at radius 3 is 2.41 bits per heavy atom. The Morgan fingerprint density at radius 2 is 1.82 bits per heavy atom. The zero-order chi connectivity index (χ0) is 16.2.